The summed E-state index contributed by atoms with van der Waals surface area (Å²) in [5.41, 5.74) is 0.758. The van der Waals surface area contributed by atoms with Gasteiger partial charge in [-0.2, -0.15) is 0 Å². The summed E-state index contributed by atoms with van der Waals surface area (Å²) in [5.74, 6) is -0.0237. The first-order valence-corrected chi connectivity index (χ1v) is 12.7. The molecule has 34 heavy (non-hydrogen) atoms. The van der Waals surface area contributed by atoms with Crippen LogP contribution in [0.4, 0.5) is 4.39 Å². The van der Waals surface area contributed by atoms with Gasteiger partial charge >= 0.3 is 0 Å². The quantitative estimate of drug-likeness (QED) is 0.453. The lowest BCUT2D eigenvalue weighted by Crippen LogP contribution is -2.52. The number of ether oxygens (including phenoxy) is 1. The Bertz CT molecular complexity index is 1250. The standard InChI is InChI=1S/C25H23BrFN3O3S/c1-14-10-22(33-30-14)21-12-18-15(2)34-24(28-23(31)16-6-4-3-5-7-16)29-25(18,13-32-21)19-11-17(26)8-9-20(19)27/h3-11,15,18,21H,12-13H2,1-2H3,(H,28,29,31)/t15-,18+,21-,25+/m1/s1. The van der Waals surface area contributed by atoms with E-state index in [1.165, 1.54) is 17.8 Å². The first-order valence-electron chi connectivity index (χ1n) is 11.0. The van der Waals surface area contributed by atoms with Gasteiger partial charge in [0.15, 0.2) is 10.9 Å². The number of thioether (sulfide) groups is 1. The number of aryl methyl sites for hydroxylation is 1. The van der Waals surface area contributed by atoms with Crippen molar-refractivity contribution in [3.8, 4) is 0 Å². The van der Waals surface area contributed by atoms with Gasteiger partial charge in [-0.25, -0.2) is 9.38 Å². The smallest absolute Gasteiger partial charge is 0.257 e. The minimum Gasteiger partial charge on any atom is -0.367 e. The number of amides is 1. The average Bonchev–Trinajstić information content (AvgIpc) is 3.27. The number of hydrogen-bond acceptors (Lipinski definition) is 6. The molecule has 0 saturated carbocycles. The van der Waals surface area contributed by atoms with Crippen molar-refractivity contribution < 1.29 is 18.4 Å². The van der Waals surface area contributed by atoms with E-state index in [-0.39, 0.29) is 35.6 Å². The molecule has 1 aromatic heterocycles. The summed E-state index contributed by atoms with van der Waals surface area (Å²) in [6.45, 7) is 4.09. The summed E-state index contributed by atoms with van der Waals surface area (Å²) < 4.78 is 27.7. The van der Waals surface area contributed by atoms with Gasteiger partial charge < -0.3 is 14.6 Å². The van der Waals surface area contributed by atoms with Crippen molar-refractivity contribution >= 4 is 38.8 Å². The van der Waals surface area contributed by atoms with E-state index in [1.54, 1.807) is 24.3 Å². The molecule has 2 aromatic carbocycles. The molecule has 2 aliphatic heterocycles. The lowest BCUT2D eigenvalue weighted by Gasteiger charge is -2.48. The van der Waals surface area contributed by atoms with Gasteiger partial charge in [-0.3, -0.25) is 4.79 Å². The van der Waals surface area contributed by atoms with Gasteiger partial charge in [0, 0.05) is 32.8 Å². The highest BCUT2D eigenvalue weighted by atomic mass is 79.9. The maximum atomic E-state index is 15.3. The van der Waals surface area contributed by atoms with Gasteiger partial charge in [0.25, 0.3) is 5.91 Å². The predicted molar refractivity (Wildman–Crippen MR) is 132 cm³/mol. The number of aliphatic imine (C=N–C) groups is 1. The van der Waals surface area contributed by atoms with Crippen LogP contribution in [0.5, 0.6) is 0 Å². The van der Waals surface area contributed by atoms with E-state index >= 15 is 4.39 Å². The van der Waals surface area contributed by atoms with Crippen molar-refractivity contribution in [2.75, 3.05) is 6.61 Å². The molecule has 0 unspecified atom stereocenters. The van der Waals surface area contributed by atoms with Crippen molar-refractivity contribution in [1.29, 1.82) is 0 Å². The van der Waals surface area contributed by atoms with Crippen LogP contribution < -0.4 is 5.32 Å². The Labute approximate surface area is 209 Å². The Balaban J connectivity index is 1.54. The van der Waals surface area contributed by atoms with E-state index in [1.807, 2.05) is 31.2 Å². The summed E-state index contributed by atoms with van der Waals surface area (Å²) in [4.78, 5) is 17.8. The molecule has 1 fully saturated rings. The van der Waals surface area contributed by atoms with Gasteiger partial charge in [0.2, 0.25) is 0 Å². The second kappa shape index (κ2) is 9.28. The van der Waals surface area contributed by atoms with Gasteiger partial charge in [0.05, 0.1) is 12.3 Å². The van der Waals surface area contributed by atoms with Gasteiger partial charge in [-0.05, 0) is 43.7 Å². The van der Waals surface area contributed by atoms with E-state index in [0.29, 0.717) is 28.5 Å². The lowest BCUT2D eigenvalue weighted by atomic mass is 9.72. The highest BCUT2D eigenvalue weighted by Crippen LogP contribution is 2.52. The fraction of sp³-hybridized carbons (Fsp3) is 0.320. The SMILES string of the molecule is Cc1cc([C@H]2C[C@H]3[C@@H](C)SC(NC(=O)c4ccccc4)=N[C@@]3(c3cc(Br)ccc3F)CO2)on1. The summed E-state index contributed by atoms with van der Waals surface area (Å²) in [5, 5.41) is 7.40. The first kappa shape index (κ1) is 23.3. The van der Waals surface area contributed by atoms with Gasteiger partial charge in [0.1, 0.15) is 17.5 Å². The third-order valence-electron chi connectivity index (χ3n) is 6.37. The molecular weight excluding hydrogens is 521 g/mol. The van der Waals surface area contributed by atoms with Crippen molar-refractivity contribution in [2.45, 2.75) is 37.2 Å². The van der Waals surface area contributed by atoms with Gasteiger partial charge in [-0.15, -0.1) is 0 Å². The third kappa shape index (κ3) is 4.32. The second-order valence-corrected chi connectivity index (χ2v) is 10.9. The molecule has 3 aromatic rings. The number of benzene rings is 2. The fourth-order valence-electron chi connectivity index (χ4n) is 4.71. The largest absolute Gasteiger partial charge is 0.367 e. The van der Waals surface area contributed by atoms with Crippen LogP contribution in [0.25, 0.3) is 0 Å². The molecule has 5 rings (SSSR count). The average molecular weight is 544 g/mol. The third-order valence-corrected chi connectivity index (χ3v) is 7.98. The summed E-state index contributed by atoms with van der Waals surface area (Å²) in [7, 11) is 0. The Hall–Kier alpha value is -2.49. The normalized spacial score (nSPS) is 26.5. The zero-order chi connectivity index (χ0) is 23.9. The zero-order valence-corrected chi connectivity index (χ0v) is 21.0. The van der Waals surface area contributed by atoms with Crippen LogP contribution in [0.2, 0.25) is 0 Å². The molecule has 0 spiro atoms. The summed E-state index contributed by atoms with van der Waals surface area (Å²) >= 11 is 4.96. The number of halogens is 2. The number of rotatable bonds is 3. The number of amidine groups is 1. The molecule has 9 heteroatoms. The molecule has 0 aliphatic carbocycles. The van der Waals surface area contributed by atoms with Gasteiger partial charge in [-0.1, -0.05) is 58.0 Å². The number of carbonyl (C=O) groups is 1. The molecule has 1 N–H and O–H groups in total. The van der Waals surface area contributed by atoms with E-state index in [2.05, 4.69) is 33.3 Å². The number of carbonyl (C=O) groups excluding carboxylic acids is 1. The maximum Gasteiger partial charge on any atom is 0.257 e. The van der Waals surface area contributed by atoms with E-state index in [4.69, 9.17) is 14.3 Å². The molecule has 1 amide bonds. The van der Waals surface area contributed by atoms with E-state index < -0.39 is 5.54 Å². The Morgan fingerprint density at radius 2 is 2.03 bits per heavy atom. The summed E-state index contributed by atoms with van der Waals surface area (Å²) in [6.07, 6.45) is 0.284. The minimum atomic E-state index is -0.997. The molecule has 0 radical (unpaired) electrons. The second-order valence-electron chi connectivity index (χ2n) is 8.62. The molecular formula is C25H23BrFN3O3S. The minimum absolute atomic E-state index is 0.0253. The first-order chi connectivity index (χ1) is 16.4. The van der Waals surface area contributed by atoms with Crippen LogP contribution in [0.1, 0.15) is 46.8 Å². The number of fused-ring (bicyclic) bond motifs is 1. The molecule has 1 saturated heterocycles. The Morgan fingerprint density at radius 1 is 1.24 bits per heavy atom. The zero-order valence-electron chi connectivity index (χ0n) is 18.6. The maximum absolute atomic E-state index is 15.3. The monoisotopic (exact) mass is 543 g/mol. The topological polar surface area (TPSA) is 76.7 Å². The van der Waals surface area contributed by atoms with Crippen LogP contribution in [-0.4, -0.2) is 28.1 Å². The summed E-state index contributed by atoms with van der Waals surface area (Å²) in [6, 6.07) is 15.7. The number of nitrogens with one attached hydrogen (secondary N) is 1. The predicted octanol–water partition coefficient (Wildman–Crippen LogP) is 5.78. The van der Waals surface area contributed by atoms with Crippen LogP contribution in [0, 0.1) is 18.7 Å². The lowest BCUT2D eigenvalue weighted by molar-refractivity contribution is -0.0745. The van der Waals surface area contributed by atoms with Crippen molar-refractivity contribution in [1.82, 2.24) is 10.5 Å². The van der Waals surface area contributed by atoms with Crippen LogP contribution in [0.3, 0.4) is 0 Å². The Morgan fingerprint density at radius 3 is 2.76 bits per heavy atom. The molecule has 176 valence electrons. The van der Waals surface area contributed by atoms with Crippen LogP contribution in [-0.2, 0) is 10.3 Å². The molecule has 0 bridgehead atoms. The molecule has 3 heterocycles. The van der Waals surface area contributed by atoms with Crippen molar-refractivity contribution in [2.24, 2.45) is 10.9 Å². The number of aromatic nitrogens is 1. The molecule has 4 atom stereocenters. The number of nitrogens with zero attached hydrogens (tertiary/aromatic N) is 2. The molecule has 6 nitrogen and oxygen atoms in total. The number of hydrogen-bond donors (Lipinski definition) is 1. The highest BCUT2D eigenvalue weighted by Gasteiger charge is 2.53. The van der Waals surface area contributed by atoms with Crippen molar-refractivity contribution in [3.05, 3.63) is 87.5 Å². The van der Waals surface area contributed by atoms with E-state index in [0.717, 1.165) is 10.2 Å². The Kier molecular flexibility index (Phi) is 6.35. The molecule has 2 aliphatic rings. The van der Waals surface area contributed by atoms with Crippen LogP contribution in [0.15, 0.2) is 68.6 Å². The van der Waals surface area contributed by atoms with E-state index in [9.17, 15) is 4.79 Å². The van der Waals surface area contributed by atoms with Crippen molar-refractivity contribution in [3.63, 3.8) is 0 Å². The fourth-order valence-corrected chi connectivity index (χ4v) is 6.29. The van der Waals surface area contributed by atoms with Crippen LogP contribution >= 0.6 is 27.7 Å². The highest BCUT2D eigenvalue weighted by molar-refractivity contribution is 9.10.